The molecule has 0 aliphatic carbocycles. The van der Waals surface area contributed by atoms with Crippen molar-refractivity contribution in [3.05, 3.63) is 29.8 Å². The second-order valence-electron chi connectivity index (χ2n) is 3.88. The Bertz CT molecular complexity index is 451. The number of hydrogen-bond donors (Lipinski definition) is 1. The van der Waals surface area contributed by atoms with Crippen LogP contribution in [-0.2, 0) is 0 Å². The number of nitrogens with two attached hydrogens (primary N) is 1. The number of amidine groups is 1. The molecule has 1 aliphatic rings. The van der Waals surface area contributed by atoms with Crippen LogP contribution in [0, 0.1) is 5.92 Å². The second-order valence-corrected chi connectivity index (χ2v) is 3.88. The fraction of sp³-hybridized carbons (Fsp3) is 0.333. The molecule has 1 atom stereocenters. The van der Waals surface area contributed by atoms with Crippen LogP contribution in [0.15, 0.2) is 34.5 Å². The van der Waals surface area contributed by atoms with Gasteiger partial charge < -0.3 is 10.5 Å². The predicted molar refractivity (Wildman–Crippen MR) is 64.9 cm³/mol. The van der Waals surface area contributed by atoms with Crippen molar-refractivity contribution in [3.8, 4) is 5.75 Å². The third-order valence-electron chi connectivity index (χ3n) is 2.65. The molecule has 1 aromatic carbocycles. The van der Waals surface area contributed by atoms with Gasteiger partial charge >= 0.3 is 0 Å². The maximum atomic E-state index is 5.65. The van der Waals surface area contributed by atoms with Gasteiger partial charge in [-0.3, -0.25) is 0 Å². The van der Waals surface area contributed by atoms with Crippen LogP contribution in [0.25, 0.3) is 0 Å². The molecule has 0 spiro atoms. The van der Waals surface area contributed by atoms with Crippen molar-refractivity contribution in [3.63, 3.8) is 0 Å². The van der Waals surface area contributed by atoms with Gasteiger partial charge in [0.25, 0.3) is 0 Å². The van der Waals surface area contributed by atoms with Gasteiger partial charge in [-0.05, 0) is 12.1 Å². The summed E-state index contributed by atoms with van der Waals surface area (Å²) in [6.07, 6.45) is 0.747. The highest BCUT2D eigenvalue weighted by atomic mass is 16.5. The first kappa shape index (κ1) is 10.7. The van der Waals surface area contributed by atoms with E-state index < -0.39 is 0 Å². The normalized spacial score (nSPS) is 20.0. The summed E-state index contributed by atoms with van der Waals surface area (Å²) in [6, 6.07) is 7.82. The number of para-hydroxylation sites is 1. The number of methoxy groups -OCH3 is 1. The third kappa shape index (κ3) is 1.91. The van der Waals surface area contributed by atoms with E-state index in [-0.39, 0.29) is 5.92 Å². The maximum Gasteiger partial charge on any atom is 0.127 e. The van der Waals surface area contributed by atoms with E-state index in [4.69, 9.17) is 10.5 Å². The highest BCUT2D eigenvalue weighted by molar-refractivity contribution is 6.07. The predicted octanol–water partition coefficient (Wildman–Crippen LogP) is 1.80. The van der Waals surface area contributed by atoms with Crippen molar-refractivity contribution < 1.29 is 4.74 Å². The van der Waals surface area contributed by atoms with Crippen molar-refractivity contribution >= 4 is 11.5 Å². The molecule has 0 fully saturated rings. The minimum atomic E-state index is 0.272. The molecule has 4 heteroatoms. The number of benzene rings is 1. The molecule has 1 heterocycles. The van der Waals surface area contributed by atoms with Crippen LogP contribution in [0.2, 0.25) is 0 Å². The highest BCUT2D eigenvalue weighted by Crippen LogP contribution is 2.24. The van der Waals surface area contributed by atoms with Gasteiger partial charge in [-0.15, -0.1) is 5.10 Å². The zero-order chi connectivity index (χ0) is 11.5. The van der Waals surface area contributed by atoms with Crippen LogP contribution in [0.1, 0.15) is 18.9 Å². The molecule has 2 N–H and O–H groups in total. The van der Waals surface area contributed by atoms with E-state index in [1.165, 1.54) is 0 Å². The molecule has 4 nitrogen and oxygen atoms in total. The van der Waals surface area contributed by atoms with E-state index in [0.717, 1.165) is 23.4 Å². The number of nitrogens with zero attached hydrogens (tertiary/aromatic N) is 2. The van der Waals surface area contributed by atoms with Gasteiger partial charge in [0.1, 0.15) is 11.6 Å². The van der Waals surface area contributed by atoms with Gasteiger partial charge in [-0.1, -0.05) is 19.1 Å². The molecular weight excluding hydrogens is 202 g/mol. The molecule has 2 rings (SSSR count). The molecule has 1 aromatic rings. The Morgan fingerprint density at radius 2 is 2.06 bits per heavy atom. The molecule has 0 radical (unpaired) electrons. The second kappa shape index (κ2) is 4.35. The van der Waals surface area contributed by atoms with Crippen molar-refractivity contribution in [2.75, 3.05) is 7.11 Å². The minimum Gasteiger partial charge on any atom is -0.496 e. The van der Waals surface area contributed by atoms with Crippen LogP contribution < -0.4 is 10.5 Å². The Balaban J connectivity index is 2.44. The fourth-order valence-electron chi connectivity index (χ4n) is 1.84. The molecular formula is C12H15N3O. The summed E-state index contributed by atoms with van der Waals surface area (Å²) < 4.78 is 5.31. The van der Waals surface area contributed by atoms with Gasteiger partial charge in [0.2, 0.25) is 0 Å². The Kier molecular flexibility index (Phi) is 2.90. The lowest BCUT2D eigenvalue weighted by Gasteiger charge is -2.18. The van der Waals surface area contributed by atoms with Crippen LogP contribution in [0.5, 0.6) is 5.75 Å². The molecule has 0 bridgehead atoms. The quantitative estimate of drug-likeness (QED) is 0.821. The first-order valence-corrected chi connectivity index (χ1v) is 5.25. The summed E-state index contributed by atoms with van der Waals surface area (Å²) in [5, 5.41) is 8.11. The first-order chi connectivity index (χ1) is 7.72. The third-order valence-corrected chi connectivity index (χ3v) is 2.65. The summed E-state index contributed by atoms with van der Waals surface area (Å²) in [5.41, 5.74) is 7.58. The highest BCUT2D eigenvalue weighted by Gasteiger charge is 2.20. The van der Waals surface area contributed by atoms with E-state index in [2.05, 4.69) is 17.1 Å². The van der Waals surface area contributed by atoms with E-state index in [1.54, 1.807) is 7.11 Å². The smallest absolute Gasteiger partial charge is 0.127 e. The Morgan fingerprint density at radius 1 is 1.31 bits per heavy atom. The average molecular weight is 217 g/mol. The largest absolute Gasteiger partial charge is 0.496 e. The first-order valence-electron chi connectivity index (χ1n) is 5.25. The van der Waals surface area contributed by atoms with E-state index in [0.29, 0.717) is 5.84 Å². The Hall–Kier alpha value is -1.84. The van der Waals surface area contributed by atoms with Crippen molar-refractivity contribution in [1.29, 1.82) is 0 Å². The standard InChI is InChI=1S/C12H15N3O/c1-8-7-11(13)14-15-12(8)9-5-3-4-6-10(9)16-2/h3-6,8H,7H2,1-2H3,(H2,13,14). The Labute approximate surface area is 94.8 Å². The van der Waals surface area contributed by atoms with Gasteiger partial charge in [-0.2, -0.15) is 5.10 Å². The van der Waals surface area contributed by atoms with Crippen molar-refractivity contribution in [2.45, 2.75) is 13.3 Å². The molecule has 1 unspecified atom stereocenters. The van der Waals surface area contributed by atoms with Gasteiger partial charge in [0.05, 0.1) is 12.8 Å². The number of hydrogen-bond acceptors (Lipinski definition) is 4. The van der Waals surface area contributed by atoms with Crippen LogP contribution in [-0.4, -0.2) is 18.7 Å². The molecule has 16 heavy (non-hydrogen) atoms. The number of ether oxygens (including phenoxy) is 1. The van der Waals surface area contributed by atoms with Crippen molar-refractivity contribution in [2.24, 2.45) is 21.9 Å². The van der Waals surface area contributed by atoms with Crippen LogP contribution in [0.3, 0.4) is 0 Å². The average Bonchev–Trinajstić information content (AvgIpc) is 2.29. The summed E-state index contributed by atoms with van der Waals surface area (Å²) >= 11 is 0. The molecule has 0 saturated heterocycles. The molecule has 0 aromatic heterocycles. The lowest BCUT2D eigenvalue weighted by atomic mass is 9.94. The fourth-order valence-corrected chi connectivity index (χ4v) is 1.84. The lowest BCUT2D eigenvalue weighted by Crippen LogP contribution is -2.25. The minimum absolute atomic E-state index is 0.272. The summed E-state index contributed by atoms with van der Waals surface area (Å²) in [7, 11) is 1.66. The van der Waals surface area contributed by atoms with Gasteiger partial charge in [0, 0.05) is 17.9 Å². The SMILES string of the molecule is COc1ccccc1C1=NN=C(N)CC1C. The zero-order valence-corrected chi connectivity index (χ0v) is 9.47. The molecule has 84 valence electrons. The molecule has 0 amide bonds. The molecule has 1 aliphatic heterocycles. The Morgan fingerprint density at radius 3 is 2.75 bits per heavy atom. The summed E-state index contributed by atoms with van der Waals surface area (Å²) in [5.74, 6) is 1.68. The summed E-state index contributed by atoms with van der Waals surface area (Å²) in [6.45, 7) is 2.09. The van der Waals surface area contributed by atoms with E-state index in [9.17, 15) is 0 Å². The van der Waals surface area contributed by atoms with Gasteiger partial charge in [0.15, 0.2) is 0 Å². The lowest BCUT2D eigenvalue weighted by molar-refractivity contribution is 0.413. The number of rotatable bonds is 2. The van der Waals surface area contributed by atoms with E-state index in [1.807, 2.05) is 24.3 Å². The maximum absolute atomic E-state index is 5.65. The topological polar surface area (TPSA) is 60.0 Å². The zero-order valence-electron chi connectivity index (χ0n) is 9.47. The van der Waals surface area contributed by atoms with Gasteiger partial charge in [-0.25, -0.2) is 0 Å². The van der Waals surface area contributed by atoms with Crippen molar-refractivity contribution in [1.82, 2.24) is 0 Å². The monoisotopic (exact) mass is 217 g/mol. The van der Waals surface area contributed by atoms with Crippen LogP contribution in [0.4, 0.5) is 0 Å². The summed E-state index contributed by atoms with van der Waals surface area (Å²) in [4.78, 5) is 0. The van der Waals surface area contributed by atoms with Crippen LogP contribution >= 0.6 is 0 Å². The van der Waals surface area contributed by atoms with E-state index >= 15 is 0 Å². The molecule has 0 saturated carbocycles.